The predicted molar refractivity (Wildman–Crippen MR) is 153 cm³/mol. The number of hydrogen-bond acceptors (Lipinski definition) is 6. The second kappa shape index (κ2) is 11.0. The lowest BCUT2D eigenvalue weighted by molar-refractivity contribution is -0.121. The molecule has 2 aromatic carbocycles. The monoisotopic (exact) mass is 532 g/mol. The van der Waals surface area contributed by atoms with E-state index in [0.29, 0.717) is 23.2 Å². The quantitative estimate of drug-likeness (QED) is 0.280. The van der Waals surface area contributed by atoms with Gasteiger partial charge >= 0.3 is 0 Å². The van der Waals surface area contributed by atoms with Crippen molar-refractivity contribution in [3.63, 3.8) is 0 Å². The zero-order valence-electron chi connectivity index (χ0n) is 22.2. The van der Waals surface area contributed by atoms with Gasteiger partial charge in [0.05, 0.1) is 11.0 Å². The number of hydrogen-bond donors (Lipinski definition) is 2. The minimum Gasteiger partial charge on any atom is -0.457 e. The van der Waals surface area contributed by atoms with Crippen LogP contribution in [-0.2, 0) is 11.8 Å². The summed E-state index contributed by atoms with van der Waals surface area (Å²) in [5.74, 6) is 2.79. The number of anilines is 3. The van der Waals surface area contributed by atoms with E-state index >= 15 is 0 Å². The summed E-state index contributed by atoms with van der Waals surface area (Å²) in [7, 11) is 4.05. The Kier molecular flexibility index (Phi) is 7.53. The van der Waals surface area contributed by atoms with Crippen molar-refractivity contribution < 1.29 is 9.53 Å². The van der Waals surface area contributed by atoms with Gasteiger partial charge in [0.15, 0.2) is 0 Å². The molecule has 1 amide bonds. The van der Waals surface area contributed by atoms with E-state index in [4.69, 9.17) is 21.3 Å². The Morgan fingerprint density at radius 2 is 1.82 bits per heavy atom. The van der Waals surface area contributed by atoms with Gasteiger partial charge < -0.3 is 24.8 Å². The molecule has 0 saturated carbocycles. The summed E-state index contributed by atoms with van der Waals surface area (Å²) in [6.45, 7) is 6.11. The molecule has 3 heterocycles. The second-order valence-corrected chi connectivity index (χ2v) is 10.6. The summed E-state index contributed by atoms with van der Waals surface area (Å²) in [6, 6.07) is 15.2. The van der Waals surface area contributed by atoms with Gasteiger partial charge in [0.25, 0.3) is 0 Å². The lowest BCUT2D eigenvalue weighted by Gasteiger charge is -2.27. The fourth-order valence-corrected chi connectivity index (χ4v) is 5.06. The number of carbonyl (C=O) groups is 1. The number of pyridine rings is 1. The van der Waals surface area contributed by atoms with E-state index in [1.54, 1.807) is 18.3 Å². The Morgan fingerprint density at radius 1 is 1.05 bits per heavy atom. The van der Waals surface area contributed by atoms with Gasteiger partial charge in [0.2, 0.25) is 11.9 Å². The largest absolute Gasteiger partial charge is 0.457 e. The molecule has 9 heteroatoms. The molecule has 0 atom stereocenters. The number of rotatable bonds is 7. The molecule has 198 valence electrons. The van der Waals surface area contributed by atoms with Crippen LogP contribution >= 0.6 is 11.6 Å². The molecule has 4 aromatic rings. The third-order valence-electron chi connectivity index (χ3n) is 7.03. The van der Waals surface area contributed by atoms with Crippen LogP contribution in [0.25, 0.3) is 11.0 Å². The van der Waals surface area contributed by atoms with Crippen molar-refractivity contribution in [1.29, 1.82) is 0 Å². The van der Waals surface area contributed by atoms with Crippen LogP contribution in [0.2, 0.25) is 5.02 Å². The molecule has 38 heavy (non-hydrogen) atoms. The number of piperidine rings is 1. The minimum atomic E-state index is 0.0109. The Morgan fingerprint density at radius 3 is 2.58 bits per heavy atom. The van der Waals surface area contributed by atoms with Gasteiger partial charge in [-0.3, -0.25) is 4.79 Å². The van der Waals surface area contributed by atoms with Crippen LogP contribution in [0.4, 0.5) is 17.5 Å². The highest BCUT2D eigenvalue weighted by Gasteiger charge is 2.23. The van der Waals surface area contributed by atoms with Crippen molar-refractivity contribution in [2.45, 2.75) is 32.6 Å². The van der Waals surface area contributed by atoms with Gasteiger partial charge in [0, 0.05) is 42.0 Å². The van der Waals surface area contributed by atoms with Crippen LogP contribution in [-0.4, -0.2) is 45.5 Å². The summed E-state index contributed by atoms with van der Waals surface area (Å²) in [5, 5.41) is 7.12. The van der Waals surface area contributed by atoms with E-state index in [1.165, 1.54) is 0 Å². The highest BCUT2D eigenvalue weighted by molar-refractivity contribution is 6.31. The third kappa shape index (κ3) is 5.76. The number of nitrogens with zero attached hydrogens (tertiary/aromatic N) is 4. The predicted octanol–water partition coefficient (Wildman–Crippen LogP) is 6.56. The molecule has 1 saturated heterocycles. The number of aromatic nitrogens is 3. The van der Waals surface area contributed by atoms with E-state index in [-0.39, 0.29) is 11.8 Å². The van der Waals surface area contributed by atoms with Gasteiger partial charge in [0.1, 0.15) is 17.3 Å². The van der Waals surface area contributed by atoms with Crippen molar-refractivity contribution in [2.24, 2.45) is 13.0 Å². The molecule has 0 spiro atoms. The van der Waals surface area contributed by atoms with Crippen molar-refractivity contribution in [1.82, 2.24) is 19.4 Å². The number of likely N-dealkylation sites (tertiary alicyclic amines) is 1. The molecule has 1 aliphatic heterocycles. The fraction of sp³-hybridized carbons (Fsp3) is 0.345. The standard InChI is InChI=1S/C29H33ClN6O2/c1-18(2)23-15-20(5-7-24(23)30)32-29-33-25-16-21(6-8-26(25)36(29)4)38-22-9-12-31-27(17-22)34-28(37)19-10-13-35(3)14-11-19/h5-9,12,15-19H,10-11,13-14H2,1-4H3,(H,32,33)(H,31,34,37). The first kappa shape index (κ1) is 26.0. The van der Waals surface area contributed by atoms with E-state index in [1.807, 2.05) is 41.9 Å². The maximum atomic E-state index is 12.7. The van der Waals surface area contributed by atoms with Crippen LogP contribution < -0.4 is 15.4 Å². The molecule has 0 unspecified atom stereocenters. The minimum absolute atomic E-state index is 0.0109. The number of carbonyl (C=O) groups excluding carboxylic acids is 1. The van der Waals surface area contributed by atoms with E-state index in [0.717, 1.165) is 59.2 Å². The van der Waals surface area contributed by atoms with E-state index in [2.05, 4.69) is 47.5 Å². The van der Waals surface area contributed by atoms with Gasteiger partial charge in [-0.05, 0) is 80.9 Å². The lowest BCUT2D eigenvalue weighted by Crippen LogP contribution is -2.36. The summed E-state index contributed by atoms with van der Waals surface area (Å²) in [5.41, 5.74) is 3.79. The van der Waals surface area contributed by atoms with Crippen LogP contribution in [0.5, 0.6) is 11.5 Å². The van der Waals surface area contributed by atoms with E-state index in [9.17, 15) is 4.79 Å². The molecule has 0 radical (unpaired) electrons. The zero-order chi connectivity index (χ0) is 26.8. The summed E-state index contributed by atoms with van der Waals surface area (Å²) in [6.07, 6.45) is 3.35. The van der Waals surface area contributed by atoms with Crippen LogP contribution in [0.15, 0.2) is 54.7 Å². The molecular weight excluding hydrogens is 500 g/mol. The van der Waals surface area contributed by atoms with Gasteiger partial charge in [-0.15, -0.1) is 0 Å². The molecule has 2 aromatic heterocycles. The first-order valence-electron chi connectivity index (χ1n) is 12.9. The van der Waals surface area contributed by atoms with Crippen LogP contribution in [0, 0.1) is 5.92 Å². The smallest absolute Gasteiger partial charge is 0.228 e. The maximum Gasteiger partial charge on any atom is 0.228 e. The number of amides is 1. The van der Waals surface area contributed by atoms with Crippen molar-refractivity contribution >= 4 is 46.0 Å². The van der Waals surface area contributed by atoms with Crippen molar-refractivity contribution in [2.75, 3.05) is 30.8 Å². The Bertz CT molecular complexity index is 1460. The van der Waals surface area contributed by atoms with Crippen molar-refractivity contribution in [3.05, 3.63) is 65.3 Å². The van der Waals surface area contributed by atoms with Gasteiger partial charge in [-0.2, -0.15) is 0 Å². The number of imidazole rings is 1. The third-order valence-corrected chi connectivity index (χ3v) is 7.38. The molecule has 2 N–H and O–H groups in total. The summed E-state index contributed by atoms with van der Waals surface area (Å²) >= 11 is 6.36. The zero-order valence-corrected chi connectivity index (χ0v) is 22.9. The molecule has 1 fully saturated rings. The lowest BCUT2D eigenvalue weighted by atomic mass is 9.96. The molecule has 8 nitrogen and oxygen atoms in total. The van der Waals surface area contributed by atoms with Crippen LogP contribution in [0.1, 0.15) is 38.2 Å². The summed E-state index contributed by atoms with van der Waals surface area (Å²) in [4.78, 5) is 24.0. The van der Waals surface area contributed by atoms with E-state index < -0.39 is 0 Å². The SMILES string of the molecule is CC(C)c1cc(Nc2nc3cc(Oc4ccnc(NC(=O)C5CCN(C)CC5)c4)ccc3n2C)ccc1Cl. The number of ether oxygens (including phenoxy) is 1. The fourth-order valence-electron chi connectivity index (χ4n) is 4.73. The number of halogens is 1. The number of fused-ring (bicyclic) bond motifs is 1. The molecule has 5 rings (SSSR count). The molecular formula is C29H33ClN6O2. The maximum absolute atomic E-state index is 12.7. The average Bonchev–Trinajstić information content (AvgIpc) is 3.19. The molecule has 1 aliphatic rings. The highest BCUT2D eigenvalue weighted by Crippen LogP contribution is 2.31. The normalized spacial score (nSPS) is 14.7. The average molecular weight is 533 g/mol. The molecule has 0 aliphatic carbocycles. The number of aryl methyl sites for hydroxylation is 1. The van der Waals surface area contributed by atoms with Crippen molar-refractivity contribution in [3.8, 4) is 11.5 Å². The first-order valence-corrected chi connectivity index (χ1v) is 13.3. The number of benzene rings is 2. The van der Waals surface area contributed by atoms with Crippen LogP contribution in [0.3, 0.4) is 0 Å². The Hall–Kier alpha value is -3.62. The highest BCUT2D eigenvalue weighted by atomic mass is 35.5. The Labute approximate surface area is 228 Å². The molecule has 0 bridgehead atoms. The Balaban J connectivity index is 1.30. The van der Waals surface area contributed by atoms with Gasteiger partial charge in [-0.1, -0.05) is 25.4 Å². The summed E-state index contributed by atoms with van der Waals surface area (Å²) < 4.78 is 8.11. The number of nitrogens with one attached hydrogen (secondary N) is 2. The first-order chi connectivity index (χ1) is 18.3. The topological polar surface area (TPSA) is 84.3 Å². The van der Waals surface area contributed by atoms with Gasteiger partial charge in [-0.25, -0.2) is 9.97 Å². The second-order valence-electron chi connectivity index (χ2n) is 10.2.